The molecule has 3 rings (SSSR count). The lowest BCUT2D eigenvalue weighted by Crippen LogP contribution is -2.56. The zero-order valence-electron chi connectivity index (χ0n) is 16.6. The molecule has 1 aliphatic heterocycles. The Balaban J connectivity index is 1.80. The van der Waals surface area contributed by atoms with E-state index in [0.717, 1.165) is 0 Å². The Morgan fingerprint density at radius 2 is 1.93 bits per heavy atom. The molecule has 2 aliphatic rings. The van der Waals surface area contributed by atoms with Gasteiger partial charge in [-0.2, -0.15) is 13.2 Å². The molecule has 2 fully saturated rings. The summed E-state index contributed by atoms with van der Waals surface area (Å²) in [5.41, 5.74) is 0.638. The van der Waals surface area contributed by atoms with Crippen molar-refractivity contribution < 1.29 is 27.2 Å². The van der Waals surface area contributed by atoms with Gasteiger partial charge in [-0.15, -0.1) is 0 Å². The summed E-state index contributed by atoms with van der Waals surface area (Å²) in [4.78, 5) is 26.4. The summed E-state index contributed by atoms with van der Waals surface area (Å²) >= 11 is 5.94. The standard InChI is InChI=1S/C21H25ClF4N2O2/c1-12-20(30)27-8-9-28(12)19(29)11-16(14-4-7-18(23)17(22)10-14)13-2-5-15(6-3-13)21(24,25)26/h4,7,10,12-13,15-16H,2-3,5-6,8-9,11H2,1H3,(H,27,30)/t12-,13?,15?,16+/m1/s1. The zero-order valence-corrected chi connectivity index (χ0v) is 17.4. The molecular weight excluding hydrogens is 424 g/mol. The number of hydrogen-bond acceptors (Lipinski definition) is 2. The van der Waals surface area contributed by atoms with Crippen molar-refractivity contribution in [3.05, 3.63) is 34.6 Å². The van der Waals surface area contributed by atoms with Gasteiger partial charge in [0.1, 0.15) is 11.9 Å². The molecule has 2 atom stereocenters. The number of halogens is 5. The average molecular weight is 449 g/mol. The largest absolute Gasteiger partial charge is 0.391 e. The fraction of sp³-hybridized carbons (Fsp3) is 0.619. The number of benzene rings is 1. The van der Waals surface area contributed by atoms with Crippen LogP contribution in [0.4, 0.5) is 17.6 Å². The van der Waals surface area contributed by atoms with Crippen LogP contribution in [0.5, 0.6) is 0 Å². The van der Waals surface area contributed by atoms with Crippen molar-refractivity contribution >= 4 is 23.4 Å². The monoisotopic (exact) mass is 448 g/mol. The first-order valence-corrected chi connectivity index (χ1v) is 10.5. The maximum absolute atomic E-state index is 13.7. The van der Waals surface area contributed by atoms with Crippen LogP contribution in [0.25, 0.3) is 0 Å². The van der Waals surface area contributed by atoms with Crippen molar-refractivity contribution in [2.24, 2.45) is 11.8 Å². The van der Waals surface area contributed by atoms with Crippen LogP contribution in [0.1, 0.15) is 50.5 Å². The van der Waals surface area contributed by atoms with Gasteiger partial charge in [0, 0.05) is 19.5 Å². The Morgan fingerprint density at radius 3 is 2.53 bits per heavy atom. The van der Waals surface area contributed by atoms with Crippen LogP contribution in [0, 0.1) is 17.7 Å². The van der Waals surface area contributed by atoms with Crippen molar-refractivity contribution in [1.29, 1.82) is 0 Å². The highest BCUT2D eigenvalue weighted by Gasteiger charge is 2.43. The van der Waals surface area contributed by atoms with E-state index in [2.05, 4.69) is 5.32 Å². The van der Waals surface area contributed by atoms with Crippen LogP contribution in [-0.2, 0) is 9.59 Å². The second kappa shape index (κ2) is 9.12. The van der Waals surface area contributed by atoms with E-state index in [-0.39, 0.29) is 47.9 Å². The number of piperazine rings is 1. The molecule has 0 radical (unpaired) electrons. The summed E-state index contributed by atoms with van der Waals surface area (Å²) in [6, 6.07) is 3.61. The lowest BCUT2D eigenvalue weighted by atomic mass is 9.72. The van der Waals surface area contributed by atoms with Crippen molar-refractivity contribution in [2.75, 3.05) is 13.1 Å². The molecule has 1 N–H and O–H groups in total. The molecule has 0 aromatic heterocycles. The first-order chi connectivity index (χ1) is 14.1. The highest BCUT2D eigenvalue weighted by atomic mass is 35.5. The summed E-state index contributed by atoms with van der Waals surface area (Å²) in [5, 5.41) is 2.62. The quantitative estimate of drug-likeness (QED) is 0.680. The predicted molar refractivity (Wildman–Crippen MR) is 104 cm³/mol. The number of rotatable bonds is 4. The minimum Gasteiger partial charge on any atom is -0.353 e. The van der Waals surface area contributed by atoms with Crippen LogP contribution < -0.4 is 5.32 Å². The first kappa shape index (κ1) is 22.8. The van der Waals surface area contributed by atoms with E-state index >= 15 is 0 Å². The average Bonchev–Trinajstić information content (AvgIpc) is 2.69. The van der Waals surface area contributed by atoms with E-state index < -0.39 is 24.0 Å². The third-order valence-corrected chi connectivity index (χ3v) is 6.68. The Hall–Kier alpha value is -1.83. The van der Waals surface area contributed by atoms with Gasteiger partial charge in [-0.1, -0.05) is 17.7 Å². The van der Waals surface area contributed by atoms with E-state index in [4.69, 9.17) is 11.6 Å². The normalized spacial score (nSPS) is 26.3. The Morgan fingerprint density at radius 1 is 1.27 bits per heavy atom. The van der Waals surface area contributed by atoms with E-state index in [1.54, 1.807) is 13.0 Å². The van der Waals surface area contributed by atoms with Gasteiger partial charge in [-0.25, -0.2) is 4.39 Å². The second-order valence-corrected chi connectivity index (χ2v) is 8.60. The molecule has 9 heteroatoms. The van der Waals surface area contributed by atoms with Crippen LogP contribution in [0.2, 0.25) is 5.02 Å². The summed E-state index contributed by atoms with van der Waals surface area (Å²) in [6.07, 6.45) is -3.50. The minimum absolute atomic E-state index is 0.0102. The maximum atomic E-state index is 13.7. The molecule has 1 aromatic rings. The third-order valence-electron chi connectivity index (χ3n) is 6.39. The number of carbonyl (C=O) groups excluding carboxylic acids is 2. The maximum Gasteiger partial charge on any atom is 0.391 e. The summed E-state index contributed by atoms with van der Waals surface area (Å²) in [6.45, 7) is 2.38. The second-order valence-electron chi connectivity index (χ2n) is 8.19. The van der Waals surface area contributed by atoms with E-state index in [0.29, 0.717) is 31.5 Å². The molecule has 0 spiro atoms. The van der Waals surface area contributed by atoms with Crippen molar-refractivity contribution in [3.8, 4) is 0 Å². The third kappa shape index (κ3) is 5.07. The molecule has 30 heavy (non-hydrogen) atoms. The molecule has 166 valence electrons. The van der Waals surface area contributed by atoms with Gasteiger partial charge in [0.2, 0.25) is 11.8 Å². The molecule has 1 saturated carbocycles. The Labute approximate surface area is 177 Å². The van der Waals surface area contributed by atoms with Crippen LogP contribution in [0.3, 0.4) is 0 Å². The number of amides is 2. The van der Waals surface area contributed by atoms with Gasteiger partial charge in [0.15, 0.2) is 0 Å². The van der Waals surface area contributed by atoms with Crippen LogP contribution in [-0.4, -0.2) is 42.0 Å². The van der Waals surface area contributed by atoms with E-state index in [1.807, 2.05) is 0 Å². The van der Waals surface area contributed by atoms with Crippen molar-refractivity contribution in [2.45, 2.75) is 57.2 Å². The highest BCUT2D eigenvalue weighted by Crippen LogP contribution is 2.45. The molecular formula is C21H25ClF4N2O2. The highest BCUT2D eigenvalue weighted by molar-refractivity contribution is 6.30. The SMILES string of the molecule is C[C@@H]1C(=O)NCCN1C(=O)C[C@H](c1ccc(F)c(Cl)c1)C1CCC(C(F)(F)F)CC1. The van der Waals surface area contributed by atoms with Gasteiger partial charge in [-0.3, -0.25) is 9.59 Å². The first-order valence-electron chi connectivity index (χ1n) is 10.2. The number of carbonyl (C=O) groups is 2. The molecule has 1 saturated heterocycles. The number of hydrogen-bond donors (Lipinski definition) is 1. The van der Waals surface area contributed by atoms with Gasteiger partial charge in [0.05, 0.1) is 10.9 Å². The van der Waals surface area contributed by atoms with Gasteiger partial charge in [-0.05, 0) is 62.1 Å². The summed E-state index contributed by atoms with van der Waals surface area (Å²) in [7, 11) is 0. The molecule has 0 unspecified atom stereocenters. The van der Waals surface area contributed by atoms with Crippen LogP contribution >= 0.6 is 11.6 Å². The number of alkyl halides is 3. The summed E-state index contributed by atoms with van der Waals surface area (Å²) < 4.78 is 52.9. The molecule has 4 nitrogen and oxygen atoms in total. The van der Waals surface area contributed by atoms with Crippen molar-refractivity contribution in [1.82, 2.24) is 10.2 Å². The van der Waals surface area contributed by atoms with Gasteiger partial charge in [0.25, 0.3) is 0 Å². The lowest BCUT2D eigenvalue weighted by molar-refractivity contribution is -0.184. The van der Waals surface area contributed by atoms with Gasteiger partial charge >= 0.3 is 6.18 Å². The predicted octanol–water partition coefficient (Wildman–Crippen LogP) is 4.67. The Bertz CT molecular complexity index is 794. The molecule has 1 aliphatic carbocycles. The molecule has 1 heterocycles. The lowest BCUT2D eigenvalue weighted by Gasteiger charge is -2.37. The molecule has 0 bridgehead atoms. The zero-order chi connectivity index (χ0) is 22.1. The smallest absolute Gasteiger partial charge is 0.353 e. The molecule has 2 amide bonds. The van der Waals surface area contributed by atoms with E-state index in [9.17, 15) is 27.2 Å². The minimum atomic E-state index is -4.22. The summed E-state index contributed by atoms with van der Waals surface area (Å²) in [5.74, 6) is -2.92. The Kier molecular flexibility index (Phi) is 6.95. The van der Waals surface area contributed by atoms with Gasteiger partial charge < -0.3 is 10.2 Å². The number of nitrogens with zero attached hydrogens (tertiary/aromatic N) is 1. The molecule has 1 aromatic carbocycles. The van der Waals surface area contributed by atoms with E-state index in [1.165, 1.54) is 17.0 Å². The fourth-order valence-corrected chi connectivity index (χ4v) is 4.77. The fourth-order valence-electron chi connectivity index (χ4n) is 4.58. The topological polar surface area (TPSA) is 49.4 Å². The van der Waals surface area contributed by atoms with Crippen LogP contribution in [0.15, 0.2) is 18.2 Å². The number of nitrogens with one attached hydrogen (secondary N) is 1. The van der Waals surface area contributed by atoms with Crippen molar-refractivity contribution in [3.63, 3.8) is 0 Å².